The molecule has 8 N–H and O–H groups in total. The normalized spacial score (nSPS) is 17.6. The molecule has 21 rings (SSSR count). The molecule has 7 aliphatic carbocycles. The molecule has 0 bridgehead atoms. The summed E-state index contributed by atoms with van der Waals surface area (Å²) in [5.41, 5.74) is 14.0. The third kappa shape index (κ3) is 19.4. The molecule has 123 heavy (non-hydrogen) atoms. The van der Waals surface area contributed by atoms with Crippen molar-refractivity contribution in [2.24, 2.45) is 0 Å². The summed E-state index contributed by atoms with van der Waals surface area (Å²) >= 11 is 26.9. The first-order valence-electron chi connectivity index (χ1n) is 38.2. The molecule has 0 amide bonds. The van der Waals surface area contributed by atoms with Crippen LogP contribution in [-0.4, -0.2) is 169 Å². The van der Waals surface area contributed by atoms with Gasteiger partial charge in [-0.1, -0.05) is 197 Å². The molecule has 4 atom stereocenters. The maximum Gasteiger partial charge on any atom is 0.313 e. The number of carbonyl (C=O) groups is 4. The Labute approximate surface area is 770 Å². The molecular weight excluding hydrogens is 1990 g/mol. The number of nitrogens with zero attached hydrogens (tertiary/aromatic N) is 14. The van der Waals surface area contributed by atoms with Gasteiger partial charge in [-0.25, -0.2) is 0 Å². The van der Waals surface area contributed by atoms with Crippen LogP contribution < -0.4 is 0 Å². The highest BCUT2D eigenvalue weighted by Crippen LogP contribution is 2.55. The minimum atomic E-state index is -0.990. The number of aliphatic carboxylic acids is 4. The number of aromatic amines is 1. The lowest BCUT2D eigenvalue weighted by molar-refractivity contribution is -0.134. The molecule has 0 spiro atoms. The summed E-state index contributed by atoms with van der Waals surface area (Å²) in [5, 5.41) is 115. The predicted molar refractivity (Wildman–Crippen MR) is 497 cm³/mol. The number of hydrogen-bond donors (Lipinski definition) is 8. The van der Waals surface area contributed by atoms with E-state index in [0.29, 0.717) is 66.8 Å². The zero-order valence-electron chi connectivity index (χ0n) is 62.9. The molecule has 13 aromatic rings. The Bertz CT molecular complexity index is 6370. The minimum Gasteiger partial charge on any atom is -0.481 e. The van der Waals surface area contributed by atoms with Crippen molar-refractivity contribution in [3.8, 4) is 28.4 Å². The van der Waals surface area contributed by atoms with Crippen molar-refractivity contribution in [3.63, 3.8) is 0 Å². The van der Waals surface area contributed by atoms with E-state index in [2.05, 4.69) is 222 Å². The largest absolute Gasteiger partial charge is 0.481 e. The number of aliphatic hydroxyl groups excluding tert-OH is 2. The number of rotatable bonds is 22. The number of aromatic nitrogens is 15. The quantitative estimate of drug-likeness (QED) is 0.0177. The van der Waals surface area contributed by atoms with Crippen LogP contribution >= 0.6 is 139 Å². The van der Waals surface area contributed by atoms with Gasteiger partial charge in [-0.15, -0.1) is 45.9 Å². The predicted octanol–water partition coefficient (Wildman–Crippen LogP) is 20.3. The highest BCUT2D eigenvalue weighted by molar-refractivity contribution is 9.11. The Morgan fingerprint density at radius 3 is 1.15 bits per heavy atom. The van der Waals surface area contributed by atoms with Gasteiger partial charge in [0.05, 0.1) is 57.0 Å². The molecule has 1 saturated heterocycles. The minimum absolute atomic E-state index is 0. The number of hydrogen-bond acceptors (Lipinski definition) is 22. The zero-order chi connectivity index (χ0) is 83.5. The molecule has 6 heterocycles. The maximum absolute atomic E-state index is 10.9. The van der Waals surface area contributed by atoms with Gasteiger partial charge in [0.2, 0.25) is 28.4 Å². The number of thioether (sulfide) groups is 4. The number of epoxide rings is 1. The van der Waals surface area contributed by atoms with Gasteiger partial charge in [0.15, 0.2) is 20.6 Å². The van der Waals surface area contributed by atoms with Gasteiger partial charge >= 0.3 is 23.9 Å². The van der Waals surface area contributed by atoms with E-state index in [1.807, 2.05) is 68.3 Å². The molecule has 0 radical (unpaired) electrons. The van der Waals surface area contributed by atoms with Crippen molar-refractivity contribution in [1.82, 2.24) is 73.8 Å². The van der Waals surface area contributed by atoms with Crippen molar-refractivity contribution >= 4 is 207 Å². The number of benzene rings is 8. The van der Waals surface area contributed by atoms with Crippen LogP contribution in [0.15, 0.2) is 190 Å². The van der Waals surface area contributed by atoms with Gasteiger partial charge in [0.1, 0.15) is 24.4 Å². The molecule has 6 fully saturated rings. The van der Waals surface area contributed by atoms with Crippen LogP contribution in [0.4, 0.5) is 0 Å². The van der Waals surface area contributed by atoms with E-state index in [-0.39, 0.29) is 57.5 Å². The van der Waals surface area contributed by atoms with Crippen molar-refractivity contribution in [1.29, 1.82) is 0 Å². The number of H-pyrrole nitrogens is 1. The van der Waals surface area contributed by atoms with Gasteiger partial charge in [0.25, 0.3) is 0 Å². The lowest BCUT2D eigenvalue weighted by Crippen LogP contribution is -2.22. The summed E-state index contributed by atoms with van der Waals surface area (Å²) in [4.78, 5) is 43.6. The van der Waals surface area contributed by atoms with Crippen LogP contribution in [0.25, 0.3) is 72.9 Å². The molecule has 4 unspecified atom stereocenters. The van der Waals surface area contributed by atoms with Gasteiger partial charge in [0, 0.05) is 27.3 Å². The monoisotopic (exact) mass is 2070 g/mol. The first kappa shape index (κ1) is 90.7. The SMILES string of the molecule is C.C.C.O=C(O)CSc1nnc(Br)n1-c1ccc(C2(O)CC2)c2ccccc12.O=C(O)CSc1nnc(Br)n1-c1ccc(C2CC2)c2c1C=CC(O)C2O.O=C(O)CSc1nnc(Br)n1-c1ccc(C2CC2)c2c1C=CC1OC21.O=C(O)CSc1nnc(Br)n1-c1ccc(C2CC2)c2ccccc12.S=c1[nH]nc(Br)n1-c1ccc(C2CC2)c2ccccc12. The number of aliphatic hydroxyl groups is 3. The molecule has 5 saturated carbocycles. The van der Waals surface area contributed by atoms with Gasteiger partial charge in [-0.3, -0.25) is 47.1 Å². The molecule has 37 heteroatoms. The van der Waals surface area contributed by atoms with Crippen molar-refractivity contribution in [3.05, 3.63) is 224 Å². The third-order valence-corrected chi connectivity index (χ3v) is 28.0. The summed E-state index contributed by atoms with van der Waals surface area (Å²) in [6, 6.07) is 45.3. The lowest BCUT2D eigenvalue weighted by Gasteiger charge is -2.27. The average molecular weight is 2080 g/mol. The Balaban J connectivity index is 0.000000125. The Hall–Kier alpha value is -8.54. The summed E-state index contributed by atoms with van der Waals surface area (Å²) in [6.45, 7) is 0. The molecule has 8 aromatic carbocycles. The smallest absolute Gasteiger partial charge is 0.313 e. The van der Waals surface area contributed by atoms with Crippen molar-refractivity contribution in [2.45, 2.75) is 161 Å². The van der Waals surface area contributed by atoms with E-state index in [0.717, 1.165) is 151 Å². The molecule has 27 nitrogen and oxygen atoms in total. The van der Waals surface area contributed by atoms with Crippen LogP contribution in [0.1, 0.15) is 172 Å². The van der Waals surface area contributed by atoms with E-state index in [4.69, 9.17) is 37.4 Å². The van der Waals surface area contributed by atoms with E-state index in [9.17, 15) is 34.5 Å². The van der Waals surface area contributed by atoms with Crippen molar-refractivity contribution < 1.29 is 59.7 Å². The first-order valence-corrected chi connectivity index (χ1v) is 46.5. The lowest BCUT2D eigenvalue weighted by atomic mass is 9.86. The van der Waals surface area contributed by atoms with Crippen molar-refractivity contribution in [2.75, 3.05) is 23.0 Å². The Morgan fingerprint density at radius 2 is 0.756 bits per heavy atom. The number of fused-ring (bicyclic) bond motifs is 7. The summed E-state index contributed by atoms with van der Waals surface area (Å²) in [5.74, 6) is -1.50. The Morgan fingerprint density at radius 1 is 0.423 bits per heavy atom. The van der Waals surface area contributed by atoms with Gasteiger partial charge in [-0.05, 0) is 265 Å². The standard InChI is InChI=1S/C17H16BrN3O4S.2C17H14BrN3O3S.C17H14BrN3O2S.C15H12BrN3S.3CH4/c18-16-19-20-17(26-7-13(23)24)21(16)11-5-3-9(8-1-2-8)14-10(11)4-6-12(22)15(14)25;18-16-19-20-17(25-7-13(22)23)21(16)11-5-3-9(8-1-2-8)14-10(11)4-6-12-15(14)24-12;18-15-19-20-16(25-9-14(22)23)21(15)13-6-5-12(17(24)7-8-17)10-3-1-2-4-11(10)13;18-16-19-20-17(24-9-15(22)23)21(16)14-8-7-11(10-5-6-10)12-3-1-2-4-13(12)14;16-14-17-18-15(20)19(14)13-8-7-10(9-5-6-9)11-3-1-2-4-12(11)13;;;/h3-6,8,12,15,22,25H,1-2,7H2,(H,23,24);3-6,8,12,15H,1-2,7H2,(H,22,23);1-6,24H,7-9H2,(H,22,23);1-4,7-8,10H,5-6,9H2,(H,22,23);1-4,7-9H,5-6H2,(H,18,20);3*1H4. The summed E-state index contributed by atoms with van der Waals surface area (Å²) in [6.07, 6.45) is 17.3. The third-order valence-electron chi connectivity index (χ3n) is 21.5. The summed E-state index contributed by atoms with van der Waals surface area (Å²) in [7, 11) is 0. The fourth-order valence-corrected chi connectivity index (χ4v) is 21.0. The number of ether oxygens (including phenoxy) is 1. The van der Waals surface area contributed by atoms with E-state index in [1.54, 1.807) is 21.3 Å². The summed E-state index contributed by atoms with van der Waals surface area (Å²) < 4.78 is 18.4. The second-order valence-electron chi connectivity index (χ2n) is 29.6. The highest BCUT2D eigenvalue weighted by atomic mass is 79.9. The molecule has 8 aliphatic rings. The van der Waals surface area contributed by atoms with Gasteiger partial charge < -0.3 is 40.5 Å². The number of halogens is 5. The topological polar surface area (TPSA) is 379 Å². The number of carboxylic acid groups (broad SMARTS) is 4. The van der Waals surface area contributed by atoms with Crippen LogP contribution in [0.5, 0.6) is 0 Å². The van der Waals surface area contributed by atoms with Crippen LogP contribution in [0.3, 0.4) is 0 Å². The first-order chi connectivity index (χ1) is 58.0. The molecule has 1 aliphatic heterocycles. The fourth-order valence-electron chi connectivity index (χ4n) is 15.3. The van der Waals surface area contributed by atoms with E-state index >= 15 is 0 Å². The highest BCUT2D eigenvalue weighted by Gasteiger charge is 2.47. The van der Waals surface area contributed by atoms with Crippen LogP contribution in [0, 0.1) is 4.77 Å². The molecular formula is C86H82Br5N15O12S5. The Kier molecular flexibility index (Phi) is 28.3. The van der Waals surface area contributed by atoms with Crippen LogP contribution in [-0.2, 0) is 29.5 Å². The zero-order valence-corrected chi connectivity index (χ0v) is 74.9. The fraction of sp³-hybridized carbons (Fsp3) is 0.302. The molecule has 5 aromatic heterocycles. The van der Waals surface area contributed by atoms with E-state index in [1.165, 1.54) is 76.9 Å². The van der Waals surface area contributed by atoms with Gasteiger partial charge in [-0.2, -0.15) is 0 Å². The number of nitrogens with one attached hydrogen (secondary N) is 1. The average Bonchev–Trinajstić information content (AvgIpc) is 1.57. The number of carboxylic acids is 4. The van der Waals surface area contributed by atoms with E-state index < -0.39 is 41.7 Å². The maximum atomic E-state index is 10.9. The second kappa shape index (κ2) is 38.3. The second-order valence-corrected chi connectivity index (χ2v) is 37.3. The molecule has 638 valence electrons. The van der Waals surface area contributed by atoms with Crippen LogP contribution in [0.2, 0.25) is 0 Å².